The highest BCUT2D eigenvalue weighted by Crippen LogP contribution is 2.28. The van der Waals surface area contributed by atoms with Crippen LogP contribution in [-0.2, 0) is 25.0 Å². The second-order valence-corrected chi connectivity index (χ2v) is 8.95. The summed E-state index contributed by atoms with van der Waals surface area (Å²) in [6, 6.07) is 8.04. The minimum atomic E-state index is -3.48. The molecule has 1 aromatic carbocycles. The Morgan fingerprint density at radius 2 is 1.93 bits per heavy atom. The zero-order chi connectivity index (χ0) is 20.1. The van der Waals surface area contributed by atoms with Crippen LogP contribution in [0.25, 0.3) is 0 Å². The summed E-state index contributed by atoms with van der Waals surface area (Å²) in [6.07, 6.45) is 1.86. The highest BCUT2D eigenvalue weighted by atomic mass is 32.2. The maximum Gasteiger partial charge on any atom is 0.315 e. The molecule has 0 aromatic heterocycles. The van der Waals surface area contributed by atoms with Gasteiger partial charge < -0.3 is 10.4 Å². The van der Waals surface area contributed by atoms with Gasteiger partial charge in [0.2, 0.25) is 15.9 Å². The minimum absolute atomic E-state index is 0.00875. The zero-order valence-electron chi connectivity index (χ0n) is 15.8. The Balaban J connectivity index is 2.17. The lowest BCUT2D eigenvalue weighted by Gasteiger charge is -2.30. The molecule has 1 fully saturated rings. The third-order valence-corrected chi connectivity index (χ3v) is 7.31. The van der Waals surface area contributed by atoms with E-state index in [1.165, 1.54) is 4.31 Å². The first-order valence-electron chi connectivity index (χ1n) is 9.34. The third kappa shape index (κ3) is 4.50. The number of nitrogens with one attached hydrogen (secondary N) is 1. The van der Waals surface area contributed by atoms with Crippen LogP contribution in [0.2, 0.25) is 0 Å². The van der Waals surface area contributed by atoms with Gasteiger partial charge in [0.05, 0.1) is 5.75 Å². The van der Waals surface area contributed by atoms with Crippen LogP contribution < -0.4 is 5.32 Å². The standard InChI is InChI=1S/C19H28N2O5S/c1-3-13-27(25,26)21-12-8-11-16(21)17(22)20-14-19(4-2,18(23)24)15-9-6-5-7-10-15/h5-7,9-10,16H,3-4,8,11-14H2,1-2H3,(H,20,22)(H,23,24). The lowest BCUT2D eigenvalue weighted by Crippen LogP contribution is -2.51. The largest absolute Gasteiger partial charge is 0.481 e. The lowest BCUT2D eigenvalue weighted by molar-refractivity contribution is -0.144. The molecule has 1 aliphatic rings. The summed E-state index contributed by atoms with van der Waals surface area (Å²) in [5.74, 6) is -1.44. The van der Waals surface area contributed by atoms with Crippen LogP contribution in [0.15, 0.2) is 30.3 Å². The molecule has 2 N–H and O–H groups in total. The van der Waals surface area contributed by atoms with Crippen molar-refractivity contribution in [3.8, 4) is 0 Å². The molecule has 1 aromatic rings. The summed E-state index contributed by atoms with van der Waals surface area (Å²) in [5.41, 5.74) is -0.634. The summed E-state index contributed by atoms with van der Waals surface area (Å²) >= 11 is 0. The van der Waals surface area contributed by atoms with Gasteiger partial charge in [0, 0.05) is 13.1 Å². The minimum Gasteiger partial charge on any atom is -0.481 e. The molecular formula is C19H28N2O5S. The van der Waals surface area contributed by atoms with Gasteiger partial charge in [0.25, 0.3) is 0 Å². The number of carbonyl (C=O) groups is 2. The van der Waals surface area contributed by atoms with Crippen molar-refractivity contribution in [2.45, 2.75) is 51.0 Å². The molecule has 0 spiro atoms. The van der Waals surface area contributed by atoms with Gasteiger partial charge in [-0.3, -0.25) is 9.59 Å². The molecule has 1 aliphatic heterocycles. The SMILES string of the molecule is CCCS(=O)(=O)N1CCCC1C(=O)NCC(CC)(C(=O)O)c1ccccc1. The van der Waals surface area contributed by atoms with Crippen LogP contribution in [0, 0.1) is 0 Å². The quantitative estimate of drug-likeness (QED) is 0.662. The fraction of sp³-hybridized carbons (Fsp3) is 0.579. The number of sulfonamides is 1. The van der Waals surface area contributed by atoms with Crippen LogP contribution in [0.4, 0.5) is 0 Å². The Morgan fingerprint density at radius 1 is 1.26 bits per heavy atom. The lowest BCUT2D eigenvalue weighted by atomic mass is 9.78. The highest BCUT2D eigenvalue weighted by molar-refractivity contribution is 7.89. The number of amides is 1. The van der Waals surface area contributed by atoms with Crippen molar-refractivity contribution >= 4 is 21.9 Å². The Morgan fingerprint density at radius 3 is 2.48 bits per heavy atom. The van der Waals surface area contributed by atoms with E-state index in [2.05, 4.69) is 5.32 Å². The first-order valence-corrected chi connectivity index (χ1v) is 11.0. The maximum absolute atomic E-state index is 12.7. The topological polar surface area (TPSA) is 104 Å². The number of carbonyl (C=O) groups excluding carboxylic acids is 1. The number of carboxylic acids is 1. The smallest absolute Gasteiger partial charge is 0.315 e. The molecule has 0 radical (unpaired) electrons. The first-order chi connectivity index (χ1) is 12.8. The van der Waals surface area contributed by atoms with Crippen LogP contribution in [-0.4, -0.2) is 54.6 Å². The Hall–Kier alpha value is -1.93. The van der Waals surface area contributed by atoms with Gasteiger partial charge in [0.15, 0.2) is 0 Å². The molecule has 2 unspecified atom stereocenters. The van der Waals surface area contributed by atoms with Crippen molar-refractivity contribution in [2.24, 2.45) is 0 Å². The second-order valence-electron chi connectivity index (χ2n) is 6.91. The summed E-state index contributed by atoms with van der Waals surface area (Å²) in [6.45, 7) is 3.79. The van der Waals surface area contributed by atoms with Gasteiger partial charge in [-0.15, -0.1) is 0 Å². The van der Waals surface area contributed by atoms with Gasteiger partial charge in [-0.05, 0) is 31.2 Å². The van der Waals surface area contributed by atoms with E-state index in [9.17, 15) is 23.1 Å². The summed E-state index contributed by atoms with van der Waals surface area (Å²) in [7, 11) is -3.48. The van der Waals surface area contributed by atoms with E-state index in [1.54, 1.807) is 44.2 Å². The molecule has 2 rings (SSSR count). The van der Waals surface area contributed by atoms with Crippen LogP contribution in [0.5, 0.6) is 0 Å². The Bertz CT molecular complexity index is 766. The molecule has 8 heteroatoms. The molecule has 1 saturated heterocycles. The van der Waals surface area contributed by atoms with E-state index in [-0.39, 0.29) is 12.3 Å². The molecule has 7 nitrogen and oxygen atoms in total. The van der Waals surface area contributed by atoms with Crippen molar-refractivity contribution < 1.29 is 23.1 Å². The monoisotopic (exact) mass is 396 g/mol. The van der Waals surface area contributed by atoms with E-state index < -0.39 is 33.4 Å². The highest BCUT2D eigenvalue weighted by Gasteiger charge is 2.42. The van der Waals surface area contributed by atoms with Gasteiger partial charge in [0.1, 0.15) is 11.5 Å². The zero-order valence-corrected chi connectivity index (χ0v) is 16.7. The van der Waals surface area contributed by atoms with Crippen LogP contribution in [0.1, 0.15) is 45.1 Å². The molecule has 0 aliphatic carbocycles. The van der Waals surface area contributed by atoms with Crippen molar-refractivity contribution in [1.82, 2.24) is 9.62 Å². The predicted molar refractivity (Wildman–Crippen MR) is 103 cm³/mol. The van der Waals surface area contributed by atoms with E-state index in [4.69, 9.17) is 0 Å². The predicted octanol–water partition coefficient (Wildman–Crippen LogP) is 1.74. The molecule has 2 atom stereocenters. The third-order valence-electron chi connectivity index (χ3n) is 5.23. The number of benzene rings is 1. The average Bonchev–Trinajstić information content (AvgIpc) is 3.14. The van der Waals surface area contributed by atoms with Crippen molar-refractivity contribution in [1.29, 1.82) is 0 Å². The van der Waals surface area contributed by atoms with Gasteiger partial charge in [-0.2, -0.15) is 4.31 Å². The average molecular weight is 397 g/mol. The maximum atomic E-state index is 12.7. The molecule has 1 heterocycles. The van der Waals surface area contributed by atoms with Crippen molar-refractivity contribution in [2.75, 3.05) is 18.8 Å². The van der Waals surface area contributed by atoms with E-state index in [1.807, 2.05) is 0 Å². The number of rotatable bonds is 9. The van der Waals surface area contributed by atoms with Crippen LogP contribution >= 0.6 is 0 Å². The number of carboxylic acid groups (broad SMARTS) is 1. The van der Waals surface area contributed by atoms with Crippen LogP contribution in [0.3, 0.4) is 0 Å². The van der Waals surface area contributed by atoms with E-state index >= 15 is 0 Å². The Labute approximate surface area is 160 Å². The van der Waals surface area contributed by atoms with E-state index in [0.29, 0.717) is 37.8 Å². The van der Waals surface area contributed by atoms with Crippen molar-refractivity contribution in [3.63, 3.8) is 0 Å². The second kappa shape index (κ2) is 8.84. The van der Waals surface area contributed by atoms with Gasteiger partial charge >= 0.3 is 5.97 Å². The fourth-order valence-corrected chi connectivity index (χ4v) is 5.35. The molecule has 0 bridgehead atoms. The number of nitrogens with zero attached hydrogens (tertiary/aromatic N) is 1. The molecule has 150 valence electrons. The summed E-state index contributed by atoms with van der Waals surface area (Å²) < 4.78 is 26.0. The summed E-state index contributed by atoms with van der Waals surface area (Å²) in [5, 5.41) is 12.6. The number of aliphatic carboxylic acids is 1. The first kappa shape index (κ1) is 21.4. The molecule has 27 heavy (non-hydrogen) atoms. The Kier molecular flexibility index (Phi) is 7.00. The summed E-state index contributed by atoms with van der Waals surface area (Å²) in [4.78, 5) is 24.8. The normalized spacial score (nSPS) is 20.1. The number of hydrogen-bond donors (Lipinski definition) is 2. The molecular weight excluding hydrogens is 368 g/mol. The number of hydrogen-bond acceptors (Lipinski definition) is 4. The van der Waals surface area contributed by atoms with Gasteiger partial charge in [-0.1, -0.05) is 44.2 Å². The molecule has 0 saturated carbocycles. The molecule has 1 amide bonds. The van der Waals surface area contributed by atoms with E-state index in [0.717, 1.165) is 0 Å². The fourth-order valence-electron chi connectivity index (χ4n) is 3.60. The van der Waals surface area contributed by atoms with Crippen molar-refractivity contribution in [3.05, 3.63) is 35.9 Å². The van der Waals surface area contributed by atoms with Gasteiger partial charge in [-0.25, -0.2) is 8.42 Å².